The molecule has 0 aromatic heterocycles. The molecule has 2 rings (SSSR count). The van der Waals surface area contributed by atoms with Gasteiger partial charge in [0.2, 0.25) is 0 Å². The van der Waals surface area contributed by atoms with Crippen LogP contribution in [0.5, 0.6) is 0 Å². The minimum absolute atomic E-state index is 0.137. The lowest BCUT2D eigenvalue weighted by Crippen LogP contribution is -2.08. The third kappa shape index (κ3) is 2.38. The number of aryl methyl sites for hydroxylation is 2. The van der Waals surface area contributed by atoms with Gasteiger partial charge >= 0.3 is 0 Å². The topological polar surface area (TPSA) is 17.1 Å². The predicted molar refractivity (Wildman–Crippen MR) is 65.7 cm³/mol. The van der Waals surface area contributed by atoms with Gasteiger partial charge in [0.05, 0.1) is 11.1 Å². The van der Waals surface area contributed by atoms with Gasteiger partial charge in [-0.2, -0.15) is 0 Å². The van der Waals surface area contributed by atoms with E-state index in [1.165, 1.54) is 32.0 Å². The van der Waals surface area contributed by atoms with Crippen LogP contribution in [0, 0.1) is 31.3 Å². The van der Waals surface area contributed by atoms with Crippen LogP contribution in [0.3, 0.4) is 0 Å². The van der Waals surface area contributed by atoms with Crippen LogP contribution in [-0.4, -0.2) is 5.78 Å². The Kier molecular flexibility index (Phi) is 3.42. The van der Waals surface area contributed by atoms with Gasteiger partial charge in [-0.15, -0.1) is 0 Å². The molecule has 0 aliphatic heterocycles. The lowest BCUT2D eigenvalue weighted by Gasteiger charge is -2.07. The second-order valence-corrected chi connectivity index (χ2v) is 4.35. The molecule has 2 aromatic rings. The van der Waals surface area contributed by atoms with Gasteiger partial charge in [-0.3, -0.25) is 4.79 Å². The molecule has 0 radical (unpaired) electrons. The largest absolute Gasteiger partial charge is 0.288 e. The number of halogens is 3. The highest BCUT2D eigenvalue weighted by Gasteiger charge is 2.19. The average molecular weight is 264 g/mol. The Bertz CT molecular complexity index is 663. The molecular formula is C15H11F3O. The summed E-state index contributed by atoms with van der Waals surface area (Å²) in [5.41, 5.74) is -0.115. The first-order valence-corrected chi connectivity index (χ1v) is 5.67. The molecule has 0 aliphatic carbocycles. The van der Waals surface area contributed by atoms with Gasteiger partial charge in [0.1, 0.15) is 17.5 Å². The molecular weight excluding hydrogens is 253 g/mol. The van der Waals surface area contributed by atoms with E-state index in [-0.39, 0.29) is 16.7 Å². The van der Waals surface area contributed by atoms with Crippen molar-refractivity contribution in [3.05, 3.63) is 70.0 Å². The Morgan fingerprint density at radius 1 is 0.895 bits per heavy atom. The van der Waals surface area contributed by atoms with Crippen molar-refractivity contribution in [3.8, 4) is 0 Å². The molecule has 0 unspecified atom stereocenters. The summed E-state index contributed by atoms with van der Waals surface area (Å²) < 4.78 is 40.6. The van der Waals surface area contributed by atoms with Gasteiger partial charge in [-0.05, 0) is 37.1 Å². The van der Waals surface area contributed by atoms with E-state index < -0.39 is 23.2 Å². The fourth-order valence-corrected chi connectivity index (χ4v) is 1.80. The van der Waals surface area contributed by atoms with Crippen molar-refractivity contribution < 1.29 is 18.0 Å². The Morgan fingerprint density at radius 3 is 2.26 bits per heavy atom. The summed E-state index contributed by atoms with van der Waals surface area (Å²) in [5, 5.41) is 0. The molecule has 0 saturated carbocycles. The van der Waals surface area contributed by atoms with E-state index in [4.69, 9.17) is 0 Å². The van der Waals surface area contributed by atoms with E-state index in [1.54, 1.807) is 0 Å². The lowest BCUT2D eigenvalue weighted by atomic mass is 9.99. The first-order chi connectivity index (χ1) is 8.91. The lowest BCUT2D eigenvalue weighted by molar-refractivity contribution is 0.103. The first kappa shape index (κ1) is 13.3. The highest BCUT2D eigenvalue weighted by atomic mass is 19.1. The molecule has 0 atom stereocenters. The SMILES string of the molecule is Cc1cc(C(=O)c2cccc(C)c2F)c(F)cc1F. The van der Waals surface area contributed by atoms with Crippen molar-refractivity contribution in [3.63, 3.8) is 0 Å². The van der Waals surface area contributed by atoms with Crippen LogP contribution in [0.25, 0.3) is 0 Å². The summed E-state index contributed by atoms with van der Waals surface area (Å²) in [4.78, 5) is 12.1. The van der Waals surface area contributed by atoms with Crippen LogP contribution in [0.15, 0.2) is 30.3 Å². The molecule has 0 amide bonds. The van der Waals surface area contributed by atoms with Crippen molar-refractivity contribution in [2.24, 2.45) is 0 Å². The monoisotopic (exact) mass is 264 g/mol. The zero-order chi connectivity index (χ0) is 14.2. The van der Waals surface area contributed by atoms with E-state index in [0.29, 0.717) is 11.6 Å². The van der Waals surface area contributed by atoms with Crippen molar-refractivity contribution in [1.82, 2.24) is 0 Å². The second kappa shape index (κ2) is 4.88. The summed E-state index contributed by atoms with van der Waals surface area (Å²) in [7, 11) is 0. The normalized spacial score (nSPS) is 10.6. The standard InChI is InChI=1S/C15H11F3O/c1-8-4-3-5-10(14(8)18)15(19)11-6-9(2)12(16)7-13(11)17/h3-7H,1-2H3. The van der Waals surface area contributed by atoms with Crippen LogP contribution in [0.1, 0.15) is 27.0 Å². The maximum Gasteiger partial charge on any atom is 0.198 e. The number of ketones is 1. The van der Waals surface area contributed by atoms with E-state index >= 15 is 0 Å². The zero-order valence-corrected chi connectivity index (χ0v) is 10.4. The summed E-state index contributed by atoms with van der Waals surface area (Å²) in [6.07, 6.45) is 0. The summed E-state index contributed by atoms with van der Waals surface area (Å²) in [5.74, 6) is -3.21. The number of hydrogen-bond donors (Lipinski definition) is 0. The van der Waals surface area contributed by atoms with Crippen molar-refractivity contribution in [1.29, 1.82) is 0 Å². The fraction of sp³-hybridized carbons (Fsp3) is 0.133. The highest BCUT2D eigenvalue weighted by molar-refractivity contribution is 6.09. The van der Waals surface area contributed by atoms with E-state index in [2.05, 4.69) is 0 Å². The molecule has 0 spiro atoms. The average Bonchev–Trinajstić information content (AvgIpc) is 2.36. The third-order valence-corrected chi connectivity index (χ3v) is 2.93. The van der Waals surface area contributed by atoms with Gasteiger partial charge in [0, 0.05) is 6.07 Å². The number of hydrogen-bond acceptors (Lipinski definition) is 1. The molecule has 4 heteroatoms. The number of carbonyl (C=O) groups excluding carboxylic acids is 1. The molecule has 0 saturated heterocycles. The van der Waals surface area contributed by atoms with Crippen LogP contribution in [0.2, 0.25) is 0 Å². The van der Waals surface area contributed by atoms with Gasteiger partial charge in [0.25, 0.3) is 0 Å². The molecule has 1 nitrogen and oxygen atoms in total. The van der Waals surface area contributed by atoms with Crippen LogP contribution < -0.4 is 0 Å². The summed E-state index contributed by atoms with van der Waals surface area (Å²) in [6, 6.07) is 6.03. The van der Waals surface area contributed by atoms with Gasteiger partial charge in [0.15, 0.2) is 5.78 Å². The fourth-order valence-electron chi connectivity index (χ4n) is 1.80. The second-order valence-electron chi connectivity index (χ2n) is 4.35. The Labute approximate surface area is 108 Å². The van der Waals surface area contributed by atoms with Crippen LogP contribution in [0.4, 0.5) is 13.2 Å². The Hall–Kier alpha value is -2.10. The van der Waals surface area contributed by atoms with Crippen molar-refractivity contribution >= 4 is 5.78 Å². The first-order valence-electron chi connectivity index (χ1n) is 5.67. The molecule has 0 fully saturated rings. The molecule has 0 heterocycles. The predicted octanol–water partition coefficient (Wildman–Crippen LogP) is 3.95. The molecule has 98 valence electrons. The van der Waals surface area contributed by atoms with Gasteiger partial charge in [-0.25, -0.2) is 13.2 Å². The van der Waals surface area contributed by atoms with Crippen molar-refractivity contribution in [2.45, 2.75) is 13.8 Å². The minimum Gasteiger partial charge on any atom is -0.288 e. The quantitative estimate of drug-likeness (QED) is 0.750. The molecule has 2 aromatic carbocycles. The Morgan fingerprint density at radius 2 is 1.58 bits per heavy atom. The Balaban J connectivity index is 2.56. The highest BCUT2D eigenvalue weighted by Crippen LogP contribution is 2.20. The molecule has 0 N–H and O–H groups in total. The van der Waals surface area contributed by atoms with E-state index in [0.717, 1.165) is 6.07 Å². The minimum atomic E-state index is -0.992. The number of rotatable bonds is 2. The maximum absolute atomic E-state index is 13.8. The van der Waals surface area contributed by atoms with Gasteiger partial charge in [-0.1, -0.05) is 12.1 Å². The molecule has 0 bridgehead atoms. The van der Waals surface area contributed by atoms with Crippen LogP contribution >= 0.6 is 0 Å². The number of benzene rings is 2. The van der Waals surface area contributed by atoms with E-state index in [9.17, 15) is 18.0 Å². The van der Waals surface area contributed by atoms with Gasteiger partial charge < -0.3 is 0 Å². The zero-order valence-electron chi connectivity index (χ0n) is 10.4. The third-order valence-electron chi connectivity index (χ3n) is 2.93. The summed E-state index contributed by atoms with van der Waals surface area (Å²) in [6.45, 7) is 2.93. The smallest absolute Gasteiger partial charge is 0.198 e. The number of carbonyl (C=O) groups is 1. The maximum atomic E-state index is 13.8. The van der Waals surface area contributed by atoms with E-state index in [1.807, 2.05) is 0 Å². The molecule has 0 aliphatic rings. The summed E-state index contributed by atoms with van der Waals surface area (Å²) >= 11 is 0. The molecule has 19 heavy (non-hydrogen) atoms. The van der Waals surface area contributed by atoms with Crippen LogP contribution in [-0.2, 0) is 0 Å². The van der Waals surface area contributed by atoms with Crippen molar-refractivity contribution in [2.75, 3.05) is 0 Å².